The molecule has 5 nitrogen and oxygen atoms in total. The summed E-state index contributed by atoms with van der Waals surface area (Å²) < 4.78 is 1.72. The molecule has 2 aromatic rings. The molecular formula is C19H26N4OS. The lowest BCUT2D eigenvalue weighted by molar-refractivity contribution is 0.166. The molecule has 0 fully saturated rings. The van der Waals surface area contributed by atoms with Crippen LogP contribution in [0.2, 0.25) is 0 Å². The van der Waals surface area contributed by atoms with Crippen molar-refractivity contribution in [3.63, 3.8) is 0 Å². The van der Waals surface area contributed by atoms with Gasteiger partial charge < -0.3 is 0 Å². The van der Waals surface area contributed by atoms with Gasteiger partial charge in [-0.05, 0) is 46.8 Å². The van der Waals surface area contributed by atoms with Gasteiger partial charge in [-0.2, -0.15) is 5.26 Å². The SMILES string of the molecule is CC(C)N(CCn1c(S[C@H](C)C#N)nc2ccccc2c1=O)C(C)C. The molecule has 0 radical (unpaired) electrons. The van der Waals surface area contributed by atoms with Crippen LogP contribution >= 0.6 is 11.8 Å². The summed E-state index contributed by atoms with van der Waals surface area (Å²) >= 11 is 1.34. The molecule has 1 aromatic carbocycles. The quantitative estimate of drug-likeness (QED) is 0.560. The molecule has 0 spiro atoms. The highest BCUT2D eigenvalue weighted by molar-refractivity contribution is 8.00. The lowest BCUT2D eigenvalue weighted by Crippen LogP contribution is -2.40. The first-order chi connectivity index (χ1) is 11.8. The normalized spacial score (nSPS) is 12.9. The summed E-state index contributed by atoms with van der Waals surface area (Å²) in [5.41, 5.74) is 0.645. The maximum Gasteiger partial charge on any atom is 0.262 e. The average molecular weight is 359 g/mol. The first-order valence-electron chi connectivity index (χ1n) is 8.66. The fraction of sp³-hybridized carbons (Fsp3) is 0.526. The summed E-state index contributed by atoms with van der Waals surface area (Å²) in [5, 5.41) is 10.1. The number of benzene rings is 1. The Bertz CT molecular complexity index is 814. The molecule has 0 bridgehead atoms. The van der Waals surface area contributed by atoms with Crippen molar-refractivity contribution in [3.8, 4) is 6.07 Å². The molecule has 0 unspecified atom stereocenters. The monoisotopic (exact) mass is 358 g/mol. The minimum Gasteiger partial charge on any atom is -0.297 e. The van der Waals surface area contributed by atoms with Crippen molar-refractivity contribution >= 4 is 22.7 Å². The summed E-state index contributed by atoms with van der Waals surface area (Å²) in [7, 11) is 0. The molecule has 1 atom stereocenters. The molecule has 134 valence electrons. The van der Waals surface area contributed by atoms with Crippen LogP contribution in [0.1, 0.15) is 34.6 Å². The van der Waals surface area contributed by atoms with Gasteiger partial charge in [-0.15, -0.1) is 0 Å². The number of nitriles is 1. The van der Waals surface area contributed by atoms with Crippen LogP contribution in [0, 0.1) is 11.3 Å². The van der Waals surface area contributed by atoms with E-state index < -0.39 is 0 Å². The second-order valence-electron chi connectivity index (χ2n) is 6.68. The Morgan fingerprint density at radius 2 is 1.84 bits per heavy atom. The average Bonchev–Trinajstić information content (AvgIpc) is 2.56. The highest BCUT2D eigenvalue weighted by Crippen LogP contribution is 2.22. The zero-order chi connectivity index (χ0) is 18.6. The van der Waals surface area contributed by atoms with Crippen molar-refractivity contribution < 1.29 is 0 Å². The summed E-state index contributed by atoms with van der Waals surface area (Å²) in [4.78, 5) is 20.0. The number of hydrogen-bond acceptors (Lipinski definition) is 5. The molecule has 1 aromatic heterocycles. The van der Waals surface area contributed by atoms with Gasteiger partial charge in [-0.1, -0.05) is 23.9 Å². The van der Waals surface area contributed by atoms with Gasteiger partial charge in [-0.3, -0.25) is 14.3 Å². The fourth-order valence-corrected chi connectivity index (χ4v) is 3.77. The Morgan fingerprint density at radius 1 is 1.20 bits per heavy atom. The number of rotatable bonds is 7. The topological polar surface area (TPSA) is 61.9 Å². The molecule has 25 heavy (non-hydrogen) atoms. The van der Waals surface area contributed by atoms with Gasteiger partial charge in [0, 0.05) is 25.2 Å². The lowest BCUT2D eigenvalue weighted by atomic mass is 10.2. The minimum atomic E-state index is -0.259. The summed E-state index contributed by atoms with van der Waals surface area (Å²) in [6.45, 7) is 11.8. The fourth-order valence-electron chi connectivity index (χ4n) is 2.95. The van der Waals surface area contributed by atoms with Crippen LogP contribution in [-0.2, 0) is 6.54 Å². The van der Waals surface area contributed by atoms with Crippen molar-refractivity contribution in [2.45, 2.75) is 63.7 Å². The Morgan fingerprint density at radius 3 is 2.44 bits per heavy atom. The van der Waals surface area contributed by atoms with Crippen LogP contribution in [0.25, 0.3) is 10.9 Å². The molecule has 0 aliphatic carbocycles. The van der Waals surface area contributed by atoms with Crippen LogP contribution in [0.15, 0.2) is 34.2 Å². The van der Waals surface area contributed by atoms with E-state index in [1.165, 1.54) is 11.8 Å². The predicted octanol–water partition coefficient (Wildman–Crippen LogP) is 3.52. The Hall–Kier alpha value is -1.84. The summed E-state index contributed by atoms with van der Waals surface area (Å²) in [6.07, 6.45) is 0. The third-order valence-corrected chi connectivity index (χ3v) is 5.18. The molecule has 6 heteroatoms. The number of nitrogens with zero attached hydrogens (tertiary/aromatic N) is 4. The molecule has 2 rings (SSSR count). The van der Waals surface area contributed by atoms with Gasteiger partial charge >= 0.3 is 0 Å². The van der Waals surface area contributed by atoms with E-state index in [-0.39, 0.29) is 10.8 Å². The molecule has 0 aliphatic rings. The van der Waals surface area contributed by atoms with Gasteiger partial charge in [-0.25, -0.2) is 4.98 Å². The van der Waals surface area contributed by atoms with Crippen molar-refractivity contribution in [1.29, 1.82) is 5.26 Å². The van der Waals surface area contributed by atoms with E-state index >= 15 is 0 Å². The highest BCUT2D eigenvalue weighted by atomic mass is 32.2. The number of para-hydroxylation sites is 1. The molecule has 0 saturated carbocycles. The van der Waals surface area contributed by atoms with Crippen LogP contribution in [-0.4, -0.2) is 38.3 Å². The standard InChI is InChI=1S/C19H26N4OS/c1-13(2)22(14(3)4)10-11-23-18(24)16-8-6-7-9-17(16)21-19(23)25-15(5)12-20/h6-9,13-15H,10-11H2,1-5H3/t15-/m1/s1. The van der Waals surface area contributed by atoms with Crippen molar-refractivity contribution in [2.75, 3.05) is 6.54 Å². The van der Waals surface area contributed by atoms with E-state index in [1.54, 1.807) is 4.57 Å². The third-order valence-electron chi connectivity index (χ3n) is 4.20. The molecule has 1 heterocycles. The van der Waals surface area contributed by atoms with E-state index in [4.69, 9.17) is 5.26 Å². The minimum absolute atomic E-state index is 0.0364. The van der Waals surface area contributed by atoms with Gasteiger partial charge in [0.1, 0.15) is 0 Å². The second-order valence-corrected chi connectivity index (χ2v) is 7.99. The Labute approximate surface area is 153 Å². The molecule has 0 N–H and O–H groups in total. The smallest absolute Gasteiger partial charge is 0.262 e. The molecule has 0 saturated heterocycles. The Kier molecular flexibility index (Phi) is 6.63. The van der Waals surface area contributed by atoms with Gasteiger partial charge in [0.15, 0.2) is 5.16 Å². The molecule has 0 aliphatic heterocycles. The number of aromatic nitrogens is 2. The van der Waals surface area contributed by atoms with Crippen LogP contribution in [0.4, 0.5) is 0 Å². The molecule has 0 amide bonds. The van der Waals surface area contributed by atoms with Crippen molar-refractivity contribution in [1.82, 2.24) is 14.5 Å². The van der Waals surface area contributed by atoms with Crippen LogP contribution in [0.3, 0.4) is 0 Å². The second kappa shape index (κ2) is 8.50. The number of fused-ring (bicyclic) bond motifs is 1. The van der Waals surface area contributed by atoms with Crippen LogP contribution < -0.4 is 5.56 Å². The first-order valence-corrected chi connectivity index (χ1v) is 9.54. The first kappa shape index (κ1) is 19.5. The largest absolute Gasteiger partial charge is 0.297 e. The van der Waals surface area contributed by atoms with E-state index in [0.717, 1.165) is 6.54 Å². The van der Waals surface area contributed by atoms with Crippen molar-refractivity contribution in [3.05, 3.63) is 34.6 Å². The zero-order valence-electron chi connectivity index (χ0n) is 15.6. The summed E-state index contributed by atoms with van der Waals surface area (Å²) in [6, 6.07) is 10.4. The predicted molar refractivity (Wildman–Crippen MR) is 104 cm³/mol. The van der Waals surface area contributed by atoms with Gasteiger partial charge in [0.25, 0.3) is 5.56 Å². The zero-order valence-corrected chi connectivity index (χ0v) is 16.4. The Balaban J connectivity index is 2.45. The molecular weight excluding hydrogens is 332 g/mol. The number of thioether (sulfide) groups is 1. The lowest BCUT2D eigenvalue weighted by Gasteiger charge is -2.30. The maximum atomic E-state index is 13.0. The van der Waals surface area contributed by atoms with E-state index in [2.05, 4.69) is 43.6 Å². The third kappa shape index (κ3) is 4.62. The van der Waals surface area contributed by atoms with E-state index in [0.29, 0.717) is 34.7 Å². The highest BCUT2D eigenvalue weighted by Gasteiger charge is 2.17. The van der Waals surface area contributed by atoms with E-state index in [9.17, 15) is 4.79 Å². The van der Waals surface area contributed by atoms with Crippen LogP contribution in [0.5, 0.6) is 0 Å². The van der Waals surface area contributed by atoms with E-state index in [1.807, 2.05) is 31.2 Å². The maximum absolute atomic E-state index is 13.0. The number of hydrogen-bond donors (Lipinski definition) is 0. The summed E-state index contributed by atoms with van der Waals surface area (Å²) in [5.74, 6) is 0. The van der Waals surface area contributed by atoms with Gasteiger partial charge in [0.2, 0.25) is 0 Å². The van der Waals surface area contributed by atoms with Crippen molar-refractivity contribution in [2.24, 2.45) is 0 Å². The van der Waals surface area contributed by atoms with Gasteiger partial charge in [0.05, 0.1) is 22.2 Å².